The van der Waals surface area contributed by atoms with Gasteiger partial charge in [0.1, 0.15) is 11.6 Å². The van der Waals surface area contributed by atoms with Crippen molar-refractivity contribution in [1.29, 1.82) is 0 Å². The maximum absolute atomic E-state index is 13.2. The van der Waals surface area contributed by atoms with E-state index in [0.29, 0.717) is 43.0 Å². The number of benzene rings is 2. The Balaban J connectivity index is 1.50. The van der Waals surface area contributed by atoms with Gasteiger partial charge in [-0.1, -0.05) is 24.3 Å². The Bertz CT molecular complexity index is 1140. The monoisotopic (exact) mass is 427 g/mol. The maximum atomic E-state index is 13.2. The van der Waals surface area contributed by atoms with Crippen LogP contribution in [0.5, 0.6) is 0 Å². The van der Waals surface area contributed by atoms with Crippen LogP contribution in [0.4, 0.5) is 10.2 Å². The number of rotatable bonds is 4. The number of aromatic nitrogens is 2. The Labute approximate surface area is 175 Å². The summed E-state index contributed by atoms with van der Waals surface area (Å²) in [7, 11) is -3.25. The van der Waals surface area contributed by atoms with E-state index in [-0.39, 0.29) is 10.7 Å². The van der Waals surface area contributed by atoms with Gasteiger partial charge in [0.05, 0.1) is 28.6 Å². The van der Waals surface area contributed by atoms with Crippen molar-refractivity contribution in [2.24, 2.45) is 0 Å². The SMILES string of the molecule is CS(=O)(=O)c1ccc(-c2cncc(N3CCC(O)(c4ccc(F)cc4)CC3)n2)cc1. The van der Waals surface area contributed by atoms with Crippen molar-refractivity contribution in [3.8, 4) is 11.3 Å². The second-order valence-electron chi connectivity index (χ2n) is 7.58. The Morgan fingerprint density at radius 2 is 1.63 bits per heavy atom. The molecule has 1 N–H and O–H groups in total. The van der Waals surface area contributed by atoms with Gasteiger partial charge in [0.2, 0.25) is 0 Å². The fourth-order valence-electron chi connectivity index (χ4n) is 3.67. The molecule has 8 heteroatoms. The van der Waals surface area contributed by atoms with Crippen LogP contribution in [-0.2, 0) is 15.4 Å². The predicted octanol–water partition coefficient (Wildman–Crippen LogP) is 3.17. The van der Waals surface area contributed by atoms with Gasteiger partial charge in [-0.15, -0.1) is 0 Å². The highest BCUT2D eigenvalue weighted by Gasteiger charge is 2.34. The largest absolute Gasteiger partial charge is 0.385 e. The van der Waals surface area contributed by atoms with Gasteiger partial charge in [-0.3, -0.25) is 4.98 Å². The van der Waals surface area contributed by atoms with E-state index in [9.17, 15) is 17.9 Å². The zero-order valence-corrected chi connectivity index (χ0v) is 17.3. The highest BCUT2D eigenvalue weighted by molar-refractivity contribution is 7.90. The number of sulfone groups is 1. The zero-order chi connectivity index (χ0) is 21.4. The summed E-state index contributed by atoms with van der Waals surface area (Å²) < 4.78 is 36.5. The first kappa shape index (κ1) is 20.4. The predicted molar refractivity (Wildman–Crippen MR) is 112 cm³/mol. The molecule has 0 unspecified atom stereocenters. The molecule has 0 saturated carbocycles. The lowest BCUT2D eigenvalue weighted by Crippen LogP contribution is -2.43. The smallest absolute Gasteiger partial charge is 0.175 e. The van der Waals surface area contributed by atoms with Gasteiger partial charge in [-0.05, 0) is 42.7 Å². The van der Waals surface area contributed by atoms with Gasteiger partial charge in [-0.2, -0.15) is 0 Å². The maximum Gasteiger partial charge on any atom is 0.175 e. The molecule has 1 fully saturated rings. The van der Waals surface area contributed by atoms with Crippen molar-refractivity contribution in [2.45, 2.75) is 23.3 Å². The van der Waals surface area contributed by atoms with Gasteiger partial charge in [0, 0.05) is 24.9 Å². The molecule has 0 aliphatic carbocycles. The summed E-state index contributed by atoms with van der Waals surface area (Å²) in [6.45, 7) is 1.16. The van der Waals surface area contributed by atoms with Gasteiger partial charge < -0.3 is 10.0 Å². The van der Waals surface area contributed by atoms with E-state index < -0.39 is 15.4 Å². The quantitative estimate of drug-likeness (QED) is 0.689. The summed E-state index contributed by atoms with van der Waals surface area (Å²) in [6.07, 6.45) is 5.47. The lowest BCUT2D eigenvalue weighted by molar-refractivity contribution is 0.0116. The van der Waals surface area contributed by atoms with Crippen LogP contribution in [0.1, 0.15) is 18.4 Å². The molecule has 3 aromatic rings. The minimum absolute atomic E-state index is 0.256. The summed E-state index contributed by atoms with van der Waals surface area (Å²) in [5.41, 5.74) is 1.15. The molecule has 1 aliphatic heterocycles. The number of hydrogen-bond acceptors (Lipinski definition) is 6. The Morgan fingerprint density at radius 3 is 2.23 bits per heavy atom. The number of aliphatic hydroxyl groups is 1. The van der Waals surface area contributed by atoms with E-state index in [2.05, 4.69) is 14.9 Å². The summed E-state index contributed by atoms with van der Waals surface area (Å²) in [6, 6.07) is 12.5. The molecular formula is C22H22FN3O3S. The number of halogens is 1. The lowest BCUT2D eigenvalue weighted by Gasteiger charge is -2.39. The Morgan fingerprint density at radius 1 is 1.00 bits per heavy atom. The first-order valence-electron chi connectivity index (χ1n) is 9.61. The summed E-state index contributed by atoms with van der Waals surface area (Å²) in [5.74, 6) is 0.372. The van der Waals surface area contributed by atoms with E-state index in [1.165, 1.54) is 18.4 Å². The number of nitrogens with zero attached hydrogens (tertiary/aromatic N) is 3. The van der Waals surface area contributed by atoms with Gasteiger partial charge in [0.15, 0.2) is 9.84 Å². The molecule has 0 bridgehead atoms. The van der Waals surface area contributed by atoms with Crippen LogP contribution < -0.4 is 4.90 Å². The molecule has 2 aromatic carbocycles. The number of hydrogen-bond donors (Lipinski definition) is 1. The number of piperidine rings is 1. The normalized spacial score (nSPS) is 16.4. The van der Waals surface area contributed by atoms with Crippen LogP contribution in [-0.4, -0.2) is 42.8 Å². The second kappa shape index (κ2) is 7.77. The third-order valence-corrected chi connectivity index (χ3v) is 6.62. The minimum Gasteiger partial charge on any atom is -0.385 e. The Kier molecular flexibility index (Phi) is 5.29. The molecular weight excluding hydrogens is 405 g/mol. The topological polar surface area (TPSA) is 83.4 Å². The minimum atomic E-state index is -3.25. The molecule has 4 rings (SSSR count). The van der Waals surface area contributed by atoms with Crippen LogP contribution >= 0.6 is 0 Å². The molecule has 0 atom stereocenters. The van der Waals surface area contributed by atoms with Crippen molar-refractivity contribution in [1.82, 2.24) is 9.97 Å². The van der Waals surface area contributed by atoms with Crippen molar-refractivity contribution < 1.29 is 17.9 Å². The fraction of sp³-hybridized carbons (Fsp3) is 0.273. The van der Waals surface area contributed by atoms with Crippen molar-refractivity contribution >= 4 is 15.7 Å². The van der Waals surface area contributed by atoms with Crippen LogP contribution in [0.25, 0.3) is 11.3 Å². The third kappa shape index (κ3) is 4.20. The first-order valence-corrected chi connectivity index (χ1v) is 11.5. The van der Waals surface area contributed by atoms with E-state index in [1.807, 2.05) is 0 Å². The van der Waals surface area contributed by atoms with Gasteiger partial charge in [0.25, 0.3) is 0 Å². The Hall–Kier alpha value is -2.84. The highest BCUT2D eigenvalue weighted by Crippen LogP contribution is 2.34. The van der Waals surface area contributed by atoms with E-state index in [0.717, 1.165) is 5.56 Å². The third-order valence-electron chi connectivity index (χ3n) is 5.50. The standard InChI is InChI=1S/C22H22FN3O3S/c1-30(28,29)19-8-2-16(3-9-19)20-14-24-15-21(25-20)26-12-10-22(27,11-13-26)17-4-6-18(23)7-5-17/h2-9,14-15,27H,10-13H2,1H3. The van der Waals surface area contributed by atoms with E-state index >= 15 is 0 Å². The molecule has 1 aromatic heterocycles. The first-order chi connectivity index (χ1) is 14.2. The summed E-state index contributed by atoms with van der Waals surface area (Å²) >= 11 is 0. The summed E-state index contributed by atoms with van der Waals surface area (Å²) in [4.78, 5) is 11.3. The fourth-order valence-corrected chi connectivity index (χ4v) is 4.31. The average molecular weight is 428 g/mol. The average Bonchev–Trinajstić information content (AvgIpc) is 2.74. The van der Waals surface area contributed by atoms with Crippen molar-refractivity contribution in [3.05, 3.63) is 72.3 Å². The molecule has 0 radical (unpaired) electrons. The van der Waals surface area contributed by atoms with Gasteiger partial charge >= 0.3 is 0 Å². The molecule has 156 valence electrons. The zero-order valence-electron chi connectivity index (χ0n) is 16.5. The number of anilines is 1. The second-order valence-corrected chi connectivity index (χ2v) is 9.60. The van der Waals surface area contributed by atoms with Crippen molar-refractivity contribution in [2.75, 3.05) is 24.2 Å². The van der Waals surface area contributed by atoms with E-state index in [4.69, 9.17) is 0 Å². The van der Waals surface area contributed by atoms with Crippen LogP contribution in [0.2, 0.25) is 0 Å². The van der Waals surface area contributed by atoms with Gasteiger partial charge in [-0.25, -0.2) is 17.8 Å². The van der Waals surface area contributed by atoms with Crippen LogP contribution in [0.3, 0.4) is 0 Å². The molecule has 0 spiro atoms. The van der Waals surface area contributed by atoms with Crippen LogP contribution in [0, 0.1) is 5.82 Å². The molecule has 1 saturated heterocycles. The molecule has 0 amide bonds. The van der Waals surface area contributed by atoms with E-state index in [1.54, 1.807) is 48.8 Å². The molecule has 2 heterocycles. The van der Waals surface area contributed by atoms with Crippen molar-refractivity contribution in [3.63, 3.8) is 0 Å². The van der Waals surface area contributed by atoms with Crippen LogP contribution in [0.15, 0.2) is 65.8 Å². The highest BCUT2D eigenvalue weighted by atomic mass is 32.2. The molecule has 6 nitrogen and oxygen atoms in total. The summed E-state index contributed by atoms with van der Waals surface area (Å²) in [5, 5.41) is 11.0. The lowest BCUT2D eigenvalue weighted by atomic mass is 9.84. The molecule has 1 aliphatic rings. The molecule has 30 heavy (non-hydrogen) atoms.